The molecule has 122 valence electrons. The first-order chi connectivity index (χ1) is 11.6. The van der Waals surface area contributed by atoms with E-state index >= 15 is 0 Å². The molecule has 0 bridgehead atoms. The topological polar surface area (TPSA) is 75.9 Å². The maximum absolute atomic E-state index is 13.7. The highest BCUT2D eigenvalue weighted by atomic mass is 19.1. The SMILES string of the molecule is Nc1c(NCc2ccccc2)ncnc1Nc1ccc(F)cc1F. The van der Waals surface area contributed by atoms with E-state index in [-0.39, 0.29) is 17.2 Å². The molecule has 7 heteroatoms. The van der Waals surface area contributed by atoms with Gasteiger partial charge in [-0.2, -0.15) is 0 Å². The van der Waals surface area contributed by atoms with E-state index in [0.717, 1.165) is 17.7 Å². The predicted molar refractivity (Wildman–Crippen MR) is 89.9 cm³/mol. The number of rotatable bonds is 5. The van der Waals surface area contributed by atoms with Crippen molar-refractivity contribution in [3.63, 3.8) is 0 Å². The Hall–Kier alpha value is -3.22. The summed E-state index contributed by atoms with van der Waals surface area (Å²) in [4.78, 5) is 8.10. The smallest absolute Gasteiger partial charge is 0.159 e. The van der Waals surface area contributed by atoms with E-state index in [1.54, 1.807) is 0 Å². The lowest BCUT2D eigenvalue weighted by atomic mass is 10.2. The number of halogens is 2. The minimum Gasteiger partial charge on any atom is -0.393 e. The molecule has 1 aromatic heterocycles. The van der Waals surface area contributed by atoms with Gasteiger partial charge in [0.1, 0.15) is 23.6 Å². The molecule has 4 N–H and O–H groups in total. The van der Waals surface area contributed by atoms with Crippen LogP contribution in [0.25, 0.3) is 0 Å². The van der Waals surface area contributed by atoms with Crippen LogP contribution in [-0.4, -0.2) is 9.97 Å². The molecule has 3 rings (SSSR count). The van der Waals surface area contributed by atoms with Gasteiger partial charge in [-0.15, -0.1) is 0 Å². The van der Waals surface area contributed by atoms with Gasteiger partial charge in [-0.25, -0.2) is 18.7 Å². The van der Waals surface area contributed by atoms with E-state index in [1.165, 1.54) is 12.4 Å². The summed E-state index contributed by atoms with van der Waals surface area (Å²) < 4.78 is 26.7. The standard InChI is InChI=1S/C17H15F2N5/c18-12-6-7-14(13(19)8-12)24-17-15(20)16(22-10-23-17)21-9-11-4-2-1-3-5-11/h1-8,10H,9,20H2,(H2,21,22,23,24). The van der Waals surface area contributed by atoms with E-state index in [1.807, 2.05) is 30.3 Å². The average molecular weight is 327 g/mol. The summed E-state index contributed by atoms with van der Waals surface area (Å²) in [5.41, 5.74) is 7.42. The van der Waals surface area contributed by atoms with Gasteiger partial charge in [0.05, 0.1) is 5.69 Å². The van der Waals surface area contributed by atoms with Crippen molar-refractivity contribution in [1.29, 1.82) is 0 Å². The van der Waals surface area contributed by atoms with E-state index < -0.39 is 11.6 Å². The van der Waals surface area contributed by atoms with Gasteiger partial charge < -0.3 is 16.4 Å². The summed E-state index contributed by atoms with van der Waals surface area (Å²) in [7, 11) is 0. The molecule has 0 saturated heterocycles. The lowest BCUT2D eigenvalue weighted by Gasteiger charge is -2.13. The largest absolute Gasteiger partial charge is 0.393 e. The Bertz CT molecular complexity index is 840. The van der Waals surface area contributed by atoms with Gasteiger partial charge in [0.15, 0.2) is 11.6 Å². The molecule has 0 unspecified atom stereocenters. The molecule has 5 nitrogen and oxygen atoms in total. The Labute approximate surface area is 137 Å². The number of nitrogens with one attached hydrogen (secondary N) is 2. The molecule has 0 spiro atoms. The van der Waals surface area contributed by atoms with E-state index in [4.69, 9.17) is 5.73 Å². The van der Waals surface area contributed by atoms with Crippen molar-refractivity contribution < 1.29 is 8.78 Å². The van der Waals surface area contributed by atoms with Crippen LogP contribution in [0.15, 0.2) is 54.9 Å². The Kier molecular flexibility index (Phi) is 4.51. The van der Waals surface area contributed by atoms with Gasteiger partial charge in [-0.1, -0.05) is 30.3 Å². The van der Waals surface area contributed by atoms with Crippen molar-refractivity contribution in [3.05, 3.63) is 72.1 Å². The third kappa shape index (κ3) is 3.57. The number of nitrogens with zero attached hydrogens (tertiary/aromatic N) is 2. The average Bonchev–Trinajstić information content (AvgIpc) is 2.59. The van der Waals surface area contributed by atoms with E-state index in [2.05, 4.69) is 20.6 Å². The second kappa shape index (κ2) is 6.91. The zero-order valence-corrected chi connectivity index (χ0v) is 12.6. The van der Waals surface area contributed by atoms with Crippen LogP contribution in [0.2, 0.25) is 0 Å². The van der Waals surface area contributed by atoms with Crippen molar-refractivity contribution in [1.82, 2.24) is 9.97 Å². The van der Waals surface area contributed by atoms with Crippen LogP contribution in [0.4, 0.5) is 31.8 Å². The summed E-state index contributed by atoms with van der Waals surface area (Å²) >= 11 is 0. The first-order valence-electron chi connectivity index (χ1n) is 7.24. The molecule has 1 heterocycles. The third-order valence-corrected chi connectivity index (χ3v) is 3.37. The highest BCUT2D eigenvalue weighted by Gasteiger charge is 2.11. The van der Waals surface area contributed by atoms with Crippen LogP contribution in [0.1, 0.15) is 5.56 Å². The lowest BCUT2D eigenvalue weighted by molar-refractivity contribution is 0.586. The molecule has 2 aromatic carbocycles. The molecular weight excluding hydrogens is 312 g/mol. The van der Waals surface area contributed by atoms with Gasteiger partial charge in [0.2, 0.25) is 0 Å². The number of benzene rings is 2. The van der Waals surface area contributed by atoms with Crippen molar-refractivity contribution in [2.45, 2.75) is 6.54 Å². The fourth-order valence-electron chi connectivity index (χ4n) is 2.14. The summed E-state index contributed by atoms with van der Waals surface area (Å²) in [5, 5.41) is 5.86. The molecule has 0 aliphatic heterocycles. The molecular formula is C17H15F2N5. The fourth-order valence-corrected chi connectivity index (χ4v) is 2.14. The summed E-state index contributed by atoms with van der Waals surface area (Å²) in [6.45, 7) is 0.534. The Morgan fingerprint density at radius 2 is 1.71 bits per heavy atom. The van der Waals surface area contributed by atoms with Crippen LogP contribution in [0.5, 0.6) is 0 Å². The first-order valence-corrected chi connectivity index (χ1v) is 7.24. The number of aromatic nitrogens is 2. The summed E-state index contributed by atoms with van der Waals surface area (Å²) in [6, 6.07) is 13.0. The maximum atomic E-state index is 13.7. The lowest BCUT2D eigenvalue weighted by Crippen LogP contribution is -2.08. The number of hydrogen-bond acceptors (Lipinski definition) is 5. The molecule has 0 radical (unpaired) electrons. The molecule has 0 aliphatic rings. The summed E-state index contributed by atoms with van der Waals surface area (Å²) in [6.07, 6.45) is 1.31. The second-order valence-corrected chi connectivity index (χ2v) is 5.07. The van der Waals surface area contributed by atoms with Crippen LogP contribution in [0.3, 0.4) is 0 Å². The Morgan fingerprint density at radius 1 is 0.958 bits per heavy atom. The van der Waals surface area contributed by atoms with Gasteiger partial charge in [-0.05, 0) is 17.7 Å². The predicted octanol–water partition coefficient (Wildman–Crippen LogP) is 3.69. The normalized spacial score (nSPS) is 10.4. The van der Waals surface area contributed by atoms with Crippen LogP contribution < -0.4 is 16.4 Å². The second-order valence-electron chi connectivity index (χ2n) is 5.07. The van der Waals surface area contributed by atoms with E-state index in [0.29, 0.717) is 12.4 Å². The van der Waals surface area contributed by atoms with Crippen molar-refractivity contribution in [2.24, 2.45) is 0 Å². The van der Waals surface area contributed by atoms with E-state index in [9.17, 15) is 8.78 Å². The van der Waals surface area contributed by atoms with Crippen LogP contribution >= 0.6 is 0 Å². The Balaban J connectivity index is 1.78. The number of hydrogen-bond donors (Lipinski definition) is 3. The monoisotopic (exact) mass is 327 g/mol. The van der Waals surface area contributed by atoms with Crippen molar-refractivity contribution in [3.8, 4) is 0 Å². The molecule has 0 amide bonds. The zero-order valence-electron chi connectivity index (χ0n) is 12.6. The molecule has 0 saturated carbocycles. The minimum atomic E-state index is -0.730. The number of nitrogen functional groups attached to an aromatic ring is 1. The maximum Gasteiger partial charge on any atom is 0.159 e. The third-order valence-electron chi connectivity index (χ3n) is 3.37. The molecule has 0 atom stereocenters. The zero-order chi connectivity index (χ0) is 16.9. The van der Waals surface area contributed by atoms with Gasteiger partial charge >= 0.3 is 0 Å². The van der Waals surface area contributed by atoms with Gasteiger partial charge in [-0.3, -0.25) is 0 Å². The number of nitrogens with two attached hydrogens (primary N) is 1. The quantitative estimate of drug-likeness (QED) is 0.666. The van der Waals surface area contributed by atoms with Gasteiger partial charge in [0.25, 0.3) is 0 Å². The van der Waals surface area contributed by atoms with Crippen molar-refractivity contribution >= 4 is 23.0 Å². The van der Waals surface area contributed by atoms with Gasteiger partial charge in [0, 0.05) is 12.6 Å². The minimum absolute atomic E-state index is 0.0795. The number of anilines is 4. The Morgan fingerprint density at radius 3 is 2.46 bits per heavy atom. The molecule has 24 heavy (non-hydrogen) atoms. The highest BCUT2D eigenvalue weighted by molar-refractivity contribution is 5.77. The van der Waals surface area contributed by atoms with Crippen LogP contribution in [-0.2, 0) is 6.54 Å². The molecule has 0 fully saturated rings. The van der Waals surface area contributed by atoms with Crippen molar-refractivity contribution in [2.75, 3.05) is 16.4 Å². The summed E-state index contributed by atoms with van der Waals surface area (Å²) in [5.74, 6) is -0.712. The highest BCUT2D eigenvalue weighted by Crippen LogP contribution is 2.27. The fraction of sp³-hybridized carbons (Fsp3) is 0.0588. The first kappa shape index (κ1) is 15.7. The molecule has 0 aliphatic carbocycles. The van der Waals surface area contributed by atoms with Crippen LogP contribution in [0, 0.1) is 11.6 Å². The molecule has 3 aromatic rings.